The summed E-state index contributed by atoms with van der Waals surface area (Å²) in [5.41, 5.74) is 1.20. The van der Waals surface area contributed by atoms with Crippen molar-refractivity contribution in [2.24, 2.45) is 0 Å². The van der Waals surface area contributed by atoms with Gasteiger partial charge in [0.05, 0.1) is 23.0 Å². The van der Waals surface area contributed by atoms with Crippen LogP contribution in [0.1, 0.15) is 59.6 Å². The van der Waals surface area contributed by atoms with Crippen molar-refractivity contribution >= 4 is 39.9 Å². The third-order valence-corrected chi connectivity index (χ3v) is 5.95. The van der Waals surface area contributed by atoms with Gasteiger partial charge in [0.15, 0.2) is 0 Å². The fourth-order valence-electron chi connectivity index (χ4n) is 3.11. The molecular weight excluding hydrogens is 432 g/mol. The molecule has 162 valence electrons. The molecule has 0 spiro atoms. The van der Waals surface area contributed by atoms with Gasteiger partial charge < -0.3 is 10.6 Å². The monoisotopic (exact) mass is 456 g/mol. The van der Waals surface area contributed by atoms with E-state index in [2.05, 4.69) is 27.8 Å². The number of aromatic nitrogens is 2. The molecule has 0 aliphatic heterocycles. The Balaban J connectivity index is 1.67. The Hall–Kier alpha value is -2.77. The summed E-state index contributed by atoms with van der Waals surface area (Å²) in [5.74, 6) is -0.578. The van der Waals surface area contributed by atoms with Crippen LogP contribution >= 0.6 is 22.9 Å². The fraction of sp³-hybridized carbons (Fsp3) is 0.304. The minimum Gasteiger partial charge on any atom is -0.345 e. The van der Waals surface area contributed by atoms with E-state index in [1.807, 2.05) is 30.3 Å². The Morgan fingerprint density at radius 3 is 2.52 bits per heavy atom. The Kier molecular flexibility index (Phi) is 8.55. The van der Waals surface area contributed by atoms with E-state index in [1.54, 1.807) is 24.3 Å². The molecule has 6 nitrogen and oxygen atoms in total. The van der Waals surface area contributed by atoms with Crippen LogP contribution in [0.15, 0.2) is 54.6 Å². The lowest BCUT2D eigenvalue weighted by molar-refractivity contribution is -0.116. The van der Waals surface area contributed by atoms with Gasteiger partial charge in [-0.3, -0.25) is 9.59 Å². The predicted molar refractivity (Wildman–Crippen MR) is 124 cm³/mol. The topological polar surface area (TPSA) is 84.0 Å². The molecular formula is C23H25ClN4O2S. The number of unbranched alkanes of at least 4 members (excludes halogenated alkanes) is 2. The van der Waals surface area contributed by atoms with Crippen molar-refractivity contribution in [3.05, 3.63) is 75.8 Å². The van der Waals surface area contributed by atoms with Gasteiger partial charge >= 0.3 is 0 Å². The average molecular weight is 457 g/mol. The van der Waals surface area contributed by atoms with Crippen LogP contribution in [0.3, 0.4) is 0 Å². The maximum absolute atomic E-state index is 12.8. The van der Waals surface area contributed by atoms with Crippen molar-refractivity contribution in [1.29, 1.82) is 0 Å². The molecule has 1 atom stereocenters. The normalized spacial score (nSPS) is 11.7. The third kappa shape index (κ3) is 6.87. The van der Waals surface area contributed by atoms with Crippen molar-refractivity contribution in [1.82, 2.24) is 15.5 Å². The van der Waals surface area contributed by atoms with E-state index in [9.17, 15) is 9.59 Å². The molecule has 2 aromatic carbocycles. The maximum atomic E-state index is 12.8. The van der Waals surface area contributed by atoms with Gasteiger partial charge in [-0.25, -0.2) is 0 Å². The van der Waals surface area contributed by atoms with Crippen LogP contribution in [-0.4, -0.2) is 22.0 Å². The van der Waals surface area contributed by atoms with Crippen molar-refractivity contribution in [3.63, 3.8) is 0 Å². The highest BCUT2D eigenvalue weighted by Crippen LogP contribution is 2.22. The lowest BCUT2D eigenvalue weighted by Crippen LogP contribution is -2.31. The van der Waals surface area contributed by atoms with Crippen LogP contribution in [-0.2, 0) is 11.2 Å². The van der Waals surface area contributed by atoms with Gasteiger partial charge in [0.2, 0.25) is 11.0 Å². The zero-order valence-corrected chi connectivity index (χ0v) is 18.9. The SMILES string of the molecule is CCCCCc1nnc(NC(=O)CC(NC(=O)c2ccccc2Cl)c2ccccc2)s1. The highest BCUT2D eigenvalue weighted by atomic mass is 35.5. The first-order chi connectivity index (χ1) is 15.1. The number of rotatable bonds is 10. The first-order valence-corrected chi connectivity index (χ1v) is 11.5. The highest BCUT2D eigenvalue weighted by molar-refractivity contribution is 7.15. The van der Waals surface area contributed by atoms with Gasteiger partial charge in [0.25, 0.3) is 5.91 Å². The second-order valence-electron chi connectivity index (χ2n) is 7.13. The zero-order chi connectivity index (χ0) is 22.1. The molecule has 0 fully saturated rings. The van der Waals surface area contributed by atoms with Gasteiger partial charge in [-0.05, 0) is 24.1 Å². The van der Waals surface area contributed by atoms with Gasteiger partial charge in [0.1, 0.15) is 5.01 Å². The van der Waals surface area contributed by atoms with E-state index >= 15 is 0 Å². The molecule has 0 saturated carbocycles. The standard InChI is InChI=1S/C23H25ClN4O2S/c1-2-3-5-14-21-27-28-23(31-21)26-20(29)15-19(16-10-6-4-7-11-16)25-22(30)17-12-8-9-13-18(17)24/h4,6-13,19H,2-3,5,14-15H2,1H3,(H,25,30)(H,26,28,29). The lowest BCUT2D eigenvalue weighted by Gasteiger charge is -2.19. The highest BCUT2D eigenvalue weighted by Gasteiger charge is 2.21. The van der Waals surface area contributed by atoms with Crippen LogP contribution in [0.2, 0.25) is 5.02 Å². The molecule has 1 aromatic heterocycles. The molecule has 3 rings (SSSR count). The lowest BCUT2D eigenvalue weighted by atomic mass is 10.0. The summed E-state index contributed by atoms with van der Waals surface area (Å²) in [4.78, 5) is 25.5. The van der Waals surface area contributed by atoms with Gasteiger partial charge in [0, 0.05) is 6.42 Å². The number of benzene rings is 2. The predicted octanol–water partition coefficient (Wildman–Crippen LogP) is 5.42. The van der Waals surface area contributed by atoms with Gasteiger partial charge in [-0.15, -0.1) is 10.2 Å². The number of halogens is 1. The molecule has 31 heavy (non-hydrogen) atoms. The fourth-order valence-corrected chi connectivity index (χ4v) is 4.13. The van der Waals surface area contributed by atoms with Crippen LogP contribution < -0.4 is 10.6 Å². The number of hydrogen-bond donors (Lipinski definition) is 2. The minimum atomic E-state index is -0.512. The molecule has 1 heterocycles. The van der Waals surface area contributed by atoms with Crippen LogP contribution in [0.5, 0.6) is 0 Å². The summed E-state index contributed by atoms with van der Waals surface area (Å²) in [6.07, 6.45) is 4.27. The Morgan fingerprint density at radius 1 is 1.03 bits per heavy atom. The number of hydrogen-bond acceptors (Lipinski definition) is 5. The van der Waals surface area contributed by atoms with Crippen molar-refractivity contribution in [2.45, 2.75) is 45.1 Å². The molecule has 0 bridgehead atoms. The molecule has 0 radical (unpaired) electrons. The molecule has 2 N–H and O–H groups in total. The Morgan fingerprint density at radius 2 is 1.77 bits per heavy atom. The van der Waals surface area contributed by atoms with Crippen molar-refractivity contribution in [2.75, 3.05) is 5.32 Å². The molecule has 0 aliphatic rings. The third-order valence-electron chi connectivity index (χ3n) is 4.72. The smallest absolute Gasteiger partial charge is 0.253 e. The second kappa shape index (κ2) is 11.6. The van der Waals surface area contributed by atoms with E-state index in [1.165, 1.54) is 11.3 Å². The van der Waals surface area contributed by atoms with Crippen molar-refractivity contribution < 1.29 is 9.59 Å². The molecule has 0 saturated heterocycles. The quantitative estimate of drug-likeness (QED) is 0.399. The number of carbonyl (C=O) groups excluding carboxylic acids is 2. The van der Waals surface area contributed by atoms with Crippen LogP contribution in [0.4, 0.5) is 5.13 Å². The zero-order valence-electron chi connectivity index (χ0n) is 17.3. The summed E-state index contributed by atoms with van der Waals surface area (Å²) in [6, 6.07) is 15.7. The number of anilines is 1. The largest absolute Gasteiger partial charge is 0.345 e. The molecule has 0 aliphatic carbocycles. The first kappa shape index (κ1) is 22.9. The van der Waals surface area contributed by atoms with Crippen LogP contribution in [0, 0.1) is 0 Å². The van der Waals surface area contributed by atoms with Gasteiger partial charge in [-0.2, -0.15) is 0 Å². The Labute approximate surface area is 191 Å². The maximum Gasteiger partial charge on any atom is 0.253 e. The summed E-state index contributed by atoms with van der Waals surface area (Å²) in [5, 5.41) is 15.7. The number of nitrogens with zero attached hydrogens (tertiary/aromatic N) is 2. The van der Waals surface area contributed by atoms with E-state index in [4.69, 9.17) is 11.6 Å². The van der Waals surface area contributed by atoms with E-state index in [0.29, 0.717) is 15.7 Å². The first-order valence-electron chi connectivity index (χ1n) is 10.3. The second-order valence-corrected chi connectivity index (χ2v) is 8.60. The van der Waals surface area contributed by atoms with Crippen LogP contribution in [0.25, 0.3) is 0 Å². The average Bonchev–Trinajstić information content (AvgIpc) is 3.21. The number of carbonyl (C=O) groups is 2. The van der Waals surface area contributed by atoms with E-state index in [0.717, 1.165) is 36.3 Å². The molecule has 1 unspecified atom stereocenters. The number of amides is 2. The minimum absolute atomic E-state index is 0.0605. The summed E-state index contributed by atoms with van der Waals surface area (Å²) in [6.45, 7) is 2.15. The molecule has 8 heteroatoms. The summed E-state index contributed by atoms with van der Waals surface area (Å²) < 4.78 is 0. The number of nitrogens with one attached hydrogen (secondary N) is 2. The Bertz CT molecular complexity index is 1010. The summed E-state index contributed by atoms with van der Waals surface area (Å²) in [7, 11) is 0. The molecule has 3 aromatic rings. The number of aryl methyl sites for hydroxylation is 1. The van der Waals surface area contributed by atoms with E-state index < -0.39 is 6.04 Å². The molecule has 2 amide bonds. The van der Waals surface area contributed by atoms with Gasteiger partial charge in [-0.1, -0.05) is 85.2 Å². The van der Waals surface area contributed by atoms with Crippen molar-refractivity contribution in [3.8, 4) is 0 Å². The summed E-state index contributed by atoms with van der Waals surface area (Å²) >= 11 is 7.54. The van der Waals surface area contributed by atoms with E-state index in [-0.39, 0.29) is 18.2 Å².